The first-order chi connectivity index (χ1) is 15.1. The Morgan fingerprint density at radius 1 is 1.06 bits per heavy atom. The van der Waals surface area contributed by atoms with E-state index in [4.69, 9.17) is 9.47 Å². The lowest BCUT2D eigenvalue weighted by Crippen LogP contribution is -2.36. The van der Waals surface area contributed by atoms with Crippen molar-refractivity contribution in [3.05, 3.63) is 48.5 Å². The largest absolute Gasteiger partial charge is 0.494 e. The Bertz CT molecular complexity index is 892. The van der Waals surface area contributed by atoms with Gasteiger partial charge in [-0.1, -0.05) is 6.92 Å². The molecule has 0 unspecified atom stereocenters. The van der Waals surface area contributed by atoms with E-state index in [9.17, 15) is 9.59 Å². The molecule has 2 heterocycles. The zero-order valence-corrected chi connectivity index (χ0v) is 17.9. The molecule has 31 heavy (non-hydrogen) atoms. The van der Waals surface area contributed by atoms with Crippen LogP contribution in [0, 0.1) is 5.92 Å². The number of nitrogens with one attached hydrogen (secondary N) is 1. The first kappa shape index (κ1) is 21.2. The standard InChI is InChI=1S/C24H29N3O4/c1-2-13-31-22-9-7-21(8-10-22)27-17-18(16-23(27)28)24(29)25-19-3-5-20(6-4-19)26-11-14-30-15-12-26/h3-10,18H,2,11-17H2,1H3,(H,25,29)/t18-/m0/s1. The molecule has 2 amide bonds. The molecule has 0 spiro atoms. The summed E-state index contributed by atoms with van der Waals surface area (Å²) in [6.07, 6.45) is 1.16. The maximum atomic E-state index is 12.8. The Morgan fingerprint density at radius 2 is 1.74 bits per heavy atom. The minimum Gasteiger partial charge on any atom is -0.494 e. The van der Waals surface area contributed by atoms with Crippen LogP contribution in [0.25, 0.3) is 0 Å². The molecule has 2 aliphatic heterocycles. The Labute approximate surface area is 182 Å². The zero-order chi connectivity index (χ0) is 21.6. The Kier molecular flexibility index (Phi) is 6.72. The molecule has 7 nitrogen and oxygen atoms in total. The van der Waals surface area contributed by atoms with Crippen LogP contribution in [0.2, 0.25) is 0 Å². The summed E-state index contributed by atoms with van der Waals surface area (Å²) in [5.41, 5.74) is 2.65. The van der Waals surface area contributed by atoms with Crippen molar-refractivity contribution in [2.45, 2.75) is 19.8 Å². The summed E-state index contributed by atoms with van der Waals surface area (Å²) in [6, 6.07) is 15.3. The Balaban J connectivity index is 1.33. The van der Waals surface area contributed by atoms with E-state index in [1.54, 1.807) is 4.90 Å². The van der Waals surface area contributed by atoms with Crippen molar-refractivity contribution in [2.75, 3.05) is 54.6 Å². The second kappa shape index (κ2) is 9.83. The number of hydrogen-bond donors (Lipinski definition) is 1. The third-order valence-corrected chi connectivity index (χ3v) is 5.63. The second-order valence-electron chi connectivity index (χ2n) is 7.88. The van der Waals surface area contributed by atoms with Crippen LogP contribution in [-0.4, -0.2) is 51.3 Å². The number of benzene rings is 2. The fraction of sp³-hybridized carbons (Fsp3) is 0.417. The predicted octanol–water partition coefficient (Wildman–Crippen LogP) is 3.30. The second-order valence-corrected chi connectivity index (χ2v) is 7.88. The topological polar surface area (TPSA) is 71.1 Å². The maximum Gasteiger partial charge on any atom is 0.229 e. The van der Waals surface area contributed by atoms with Gasteiger partial charge in [0.25, 0.3) is 0 Å². The number of ether oxygens (including phenoxy) is 2. The highest BCUT2D eigenvalue weighted by atomic mass is 16.5. The van der Waals surface area contributed by atoms with Crippen molar-refractivity contribution in [2.24, 2.45) is 5.92 Å². The molecule has 4 rings (SSSR count). The summed E-state index contributed by atoms with van der Waals surface area (Å²) in [5, 5.41) is 2.96. The van der Waals surface area contributed by atoms with Gasteiger partial charge in [0.15, 0.2) is 0 Å². The molecule has 7 heteroatoms. The number of anilines is 3. The SMILES string of the molecule is CCCOc1ccc(N2C[C@@H](C(=O)Nc3ccc(N4CCOCC4)cc3)CC2=O)cc1. The van der Waals surface area contributed by atoms with Gasteiger partial charge in [-0.3, -0.25) is 9.59 Å². The van der Waals surface area contributed by atoms with Gasteiger partial charge in [-0.05, 0) is 55.0 Å². The summed E-state index contributed by atoms with van der Waals surface area (Å²) in [6.45, 7) is 6.32. The van der Waals surface area contributed by atoms with Crippen molar-refractivity contribution in [1.82, 2.24) is 0 Å². The molecule has 2 fully saturated rings. The average Bonchev–Trinajstić information content (AvgIpc) is 3.21. The van der Waals surface area contributed by atoms with Gasteiger partial charge in [-0.2, -0.15) is 0 Å². The van der Waals surface area contributed by atoms with Gasteiger partial charge >= 0.3 is 0 Å². The van der Waals surface area contributed by atoms with E-state index in [1.807, 2.05) is 48.5 Å². The molecule has 2 aromatic rings. The van der Waals surface area contributed by atoms with E-state index >= 15 is 0 Å². The monoisotopic (exact) mass is 423 g/mol. The maximum absolute atomic E-state index is 12.8. The smallest absolute Gasteiger partial charge is 0.229 e. The molecular formula is C24H29N3O4. The first-order valence-corrected chi connectivity index (χ1v) is 10.9. The molecule has 1 N–H and O–H groups in total. The van der Waals surface area contributed by atoms with Gasteiger partial charge in [0.2, 0.25) is 11.8 Å². The molecule has 0 bridgehead atoms. The number of carbonyl (C=O) groups is 2. The van der Waals surface area contributed by atoms with Crippen molar-refractivity contribution in [3.8, 4) is 5.75 Å². The number of hydrogen-bond acceptors (Lipinski definition) is 5. The minimum atomic E-state index is -0.373. The first-order valence-electron chi connectivity index (χ1n) is 10.9. The van der Waals surface area contributed by atoms with Crippen molar-refractivity contribution in [3.63, 3.8) is 0 Å². The third kappa shape index (κ3) is 5.17. The van der Waals surface area contributed by atoms with Gasteiger partial charge in [0.05, 0.1) is 25.7 Å². The highest BCUT2D eigenvalue weighted by Gasteiger charge is 2.35. The molecule has 0 aliphatic carbocycles. The van der Waals surface area contributed by atoms with Gasteiger partial charge in [-0.25, -0.2) is 0 Å². The summed E-state index contributed by atoms with van der Waals surface area (Å²) in [7, 11) is 0. The van der Waals surface area contributed by atoms with Crippen LogP contribution in [0.15, 0.2) is 48.5 Å². The van der Waals surface area contributed by atoms with Crippen molar-refractivity contribution in [1.29, 1.82) is 0 Å². The average molecular weight is 424 g/mol. The normalized spacial score (nSPS) is 18.9. The molecule has 1 atom stereocenters. The Hall–Kier alpha value is -3.06. The van der Waals surface area contributed by atoms with Crippen LogP contribution in [0.5, 0.6) is 5.75 Å². The number of rotatable bonds is 7. The molecule has 0 aromatic heterocycles. The summed E-state index contributed by atoms with van der Waals surface area (Å²) < 4.78 is 11.0. The lowest BCUT2D eigenvalue weighted by Gasteiger charge is -2.28. The molecule has 2 aliphatic rings. The number of amides is 2. The van der Waals surface area contributed by atoms with Crippen LogP contribution >= 0.6 is 0 Å². The highest BCUT2D eigenvalue weighted by Crippen LogP contribution is 2.28. The molecule has 0 radical (unpaired) electrons. The van der Waals surface area contributed by atoms with E-state index in [1.165, 1.54) is 0 Å². The van der Waals surface area contributed by atoms with Gasteiger partial charge in [-0.15, -0.1) is 0 Å². The van der Waals surface area contributed by atoms with E-state index < -0.39 is 0 Å². The third-order valence-electron chi connectivity index (χ3n) is 5.63. The van der Waals surface area contributed by atoms with E-state index in [2.05, 4.69) is 17.1 Å². The van der Waals surface area contributed by atoms with Crippen LogP contribution in [0.4, 0.5) is 17.1 Å². The summed E-state index contributed by atoms with van der Waals surface area (Å²) >= 11 is 0. The van der Waals surface area contributed by atoms with E-state index in [0.29, 0.717) is 13.2 Å². The van der Waals surface area contributed by atoms with E-state index in [0.717, 1.165) is 55.5 Å². The zero-order valence-electron chi connectivity index (χ0n) is 17.9. The summed E-state index contributed by atoms with van der Waals surface area (Å²) in [5.74, 6) is 0.248. The van der Waals surface area contributed by atoms with Gasteiger partial charge < -0.3 is 24.6 Å². The molecular weight excluding hydrogens is 394 g/mol. The Morgan fingerprint density at radius 3 is 2.42 bits per heavy atom. The van der Waals surface area contributed by atoms with Gasteiger partial charge in [0, 0.05) is 43.1 Å². The molecule has 2 aromatic carbocycles. The fourth-order valence-electron chi connectivity index (χ4n) is 3.90. The molecule has 0 saturated carbocycles. The fourth-order valence-corrected chi connectivity index (χ4v) is 3.90. The van der Waals surface area contributed by atoms with Crippen molar-refractivity contribution < 1.29 is 19.1 Å². The predicted molar refractivity (Wildman–Crippen MR) is 121 cm³/mol. The lowest BCUT2D eigenvalue weighted by atomic mass is 10.1. The quantitative estimate of drug-likeness (QED) is 0.740. The van der Waals surface area contributed by atoms with E-state index in [-0.39, 0.29) is 24.2 Å². The number of morpholine rings is 1. The van der Waals surface area contributed by atoms with Crippen LogP contribution < -0.4 is 19.9 Å². The number of nitrogens with zero attached hydrogens (tertiary/aromatic N) is 2. The number of carbonyl (C=O) groups excluding carboxylic acids is 2. The lowest BCUT2D eigenvalue weighted by molar-refractivity contribution is -0.122. The van der Waals surface area contributed by atoms with Crippen LogP contribution in [-0.2, 0) is 14.3 Å². The molecule has 164 valence electrons. The minimum absolute atomic E-state index is 0.0370. The van der Waals surface area contributed by atoms with Gasteiger partial charge in [0.1, 0.15) is 5.75 Å². The highest BCUT2D eigenvalue weighted by molar-refractivity contribution is 6.03. The summed E-state index contributed by atoms with van der Waals surface area (Å²) in [4.78, 5) is 29.2. The molecule has 2 saturated heterocycles. The van der Waals surface area contributed by atoms with Crippen LogP contribution in [0.3, 0.4) is 0 Å². The van der Waals surface area contributed by atoms with Crippen LogP contribution in [0.1, 0.15) is 19.8 Å². The van der Waals surface area contributed by atoms with Crippen molar-refractivity contribution >= 4 is 28.9 Å².